The monoisotopic (exact) mass is 335 g/mol. The van der Waals surface area contributed by atoms with Crippen molar-refractivity contribution in [1.82, 2.24) is 15.1 Å². The maximum absolute atomic E-state index is 14.5. The molecule has 3 rings (SSSR count). The summed E-state index contributed by atoms with van der Waals surface area (Å²) in [6, 6.07) is 5.59. The Hall–Kier alpha value is -1.63. The molecule has 1 aromatic rings. The number of halogens is 1. The van der Waals surface area contributed by atoms with Crippen LogP contribution < -0.4 is 5.32 Å². The summed E-state index contributed by atoms with van der Waals surface area (Å²) in [6.45, 7) is 5.43. The standard InChI is InChI=1S/C18H26FN3O2/c1-23-10-2-6-22-7-5-20-18(22)15-3-4-16(17(19)13-15)14-21-8-11-24-12-9-21/h3-5,7,13,18,20H,2,6,8-12,14H2,1H3. The van der Waals surface area contributed by atoms with Gasteiger partial charge in [-0.1, -0.05) is 12.1 Å². The van der Waals surface area contributed by atoms with Crippen molar-refractivity contribution in [2.24, 2.45) is 0 Å². The van der Waals surface area contributed by atoms with E-state index in [1.165, 1.54) is 0 Å². The maximum atomic E-state index is 14.5. The fourth-order valence-electron chi connectivity index (χ4n) is 3.16. The van der Waals surface area contributed by atoms with Gasteiger partial charge in [-0.2, -0.15) is 0 Å². The average molecular weight is 335 g/mol. The number of nitrogens with one attached hydrogen (secondary N) is 1. The Kier molecular flexibility index (Phi) is 6.07. The molecule has 0 aliphatic carbocycles. The first-order valence-corrected chi connectivity index (χ1v) is 8.54. The maximum Gasteiger partial charge on any atom is 0.128 e. The highest BCUT2D eigenvalue weighted by Gasteiger charge is 2.21. The van der Waals surface area contributed by atoms with E-state index >= 15 is 0 Å². The molecule has 5 nitrogen and oxygen atoms in total. The zero-order valence-electron chi connectivity index (χ0n) is 14.2. The van der Waals surface area contributed by atoms with E-state index in [1.54, 1.807) is 13.2 Å². The Labute approximate surface area is 143 Å². The molecule has 2 aliphatic rings. The Morgan fingerprint density at radius 1 is 1.33 bits per heavy atom. The fourth-order valence-corrected chi connectivity index (χ4v) is 3.16. The van der Waals surface area contributed by atoms with Crippen LogP contribution >= 0.6 is 0 Å². The molecule has 0 spiro atoms. The lowest BCUT2D eigenvalue weighted by Gasteiger charge is -2.28. The number of methoxy groups -OCH3 is 1. The molecule has 6 heteroatoms. The minimum atomic E-state index is -0.135. The van der Waals surface area contributed by atoms with Crippen LogP contribution in [0.3, 0.4) is 0 Å². The molecule has 0 amide bonds. The number of rotatable bonds is 7. The van der Waals surface area contributed by atoms with Gasteiger partial charge in [-0.15, -0.1) is 0 Å². The van der Waals surface area contributed by atoms with Gasteiger partial charge in [0.25, 0.3) is 0 Å². The fraction of sp³-hybridized carbons (Fsp3) is 0.556. The minimum absolute atomic E-state index is 0.00575. The number of hydrogen-bond donors (Lipinski definition) is 1. The molecule has 1 atom stereocenters. The van der Waals surface area contributed by atoms with Crippen molar-refractivity contribution in [2.45, 2.75) is 19.1 Å². The van der Waals surface area contributed by atoms with Gasteiger partial charge in [0.2, 0.25) is 0 Å². The average Bonchev–Trinajstić information content (AvgIpc) is 3.06. The van der Waals surface area contributed by atoms with Crippen LogP contribution in [-0.2, 0) is 16.0 Å². The molecule has 24 heavy (non-hydrogen) atoms. The third kappa shape index (κ3) is 4.26. The summed E-state index contributed by atoms with van der Waals surface area (Å²) in [5.74, 6) is -0.135. The predicted octanol–water partition coefficient (Wildman–Crippen LogP) is 2.07. The molecule has 1 aromatic carbocycles. The van der Waals surface area contributed by atoms with Crippen molar-refractivity contribution >= 4 is 0 Å². The summed E-state index contributed by atoms with van der Waals surface area (Å²) in [6.07, 6.45) is 4.86. The van der Waals surface area contributed by atoms with Crippen molar-refractivity contribution in [3.8, 4) is 0 Å². The van der Waals surface area contributed by atoms with Gasteiger partial charge in [0.15, 0.2) is 0 Å². The van der Waals surface area contributed by atoms with Crippen LogP contribution in [0.15, 0.2) is 30.6 Å². The van der Waals surface area contributed by atoms with E-state index in [4.69, 9.17) is 9.47 Å². The molecule has 1 saturated heterocycles. The van der Waals surface area contributed by atoms with E-state index < -0.39 is 0 Å². The summed E-state index contributed by atoms with van der Waals surface area (Å²) in [7, 11) is 1.71. The molecule has 0 aromatic heterocycles. The summed E-state index contributed by atoms with van der Waals surface area (Å²) < 4.78 is 25.0. The van der Waals surface area contributed by atoms with Gasteiger partial charge < -0.3 is 19.7 Å². The van der Waals surface area contributed by atoms with Gasteiger partial charge in [-0.05, 0) is 18.1 Å². The first-order valence-electron chi connectivity index (χ1n) is 8.54. The van der Waals surface area contributed by atoms with Crippen molar-refractivity contribution in [3.63, 3.8) is 0 Å². The third-order valence-electron chi connectivity index (χ3n) is 4.51. The highest BCUT2D eigenvalue weighted by Crippen LogP contribution is 2.25. The third-order valence-corrected chi connectivity index (χ3v) is 4.51. The minimum Gasteiger partial charge on any atom is -0.385 e. The first-order chi connectivity index (χ1) is 11.8. The molecular formula is C18H26FN3O2. The lowest BCUT2D eigenvalue weighted by Crippen LogP contribution is -2.36. The van der Waals surface area contributed by atoms with E-state index in [-0.39, 0.29) is 12.0 Å². The Morgan fingerprint density at radius 3 is 2.92 bits per heavy atom. The second-order valence-corrected chi connectivity index (χ2v) is 6.21. The van der Waals surface area contributed by atoms with Crippen molar-refractivity contribution in [3.05, 3.63) is 47.5 Å². The van der Waals surface area contributed by atoms with E-state index in [2.05, 4.69) is 15.1 Å². The highest BCUT2D eigenvalue weighted by molar-refractivity contribution is 5.28. The number of morpholine rings is 1. The first kappa shape index (κ1) is 17.2. The molecule has 1 unspecified atom stereocenters. The zero-order valence-corrected chi connectivity index (χ0v) is 14.2. The Morgan fingerprint density at radius 2 is 2.17 bits per heavy atom. The normalized spacial score (nSPS) is 21.2. The Bertz CT molecular complexity index is 561. The van der Waals surface area contributed by atoms with Crippen LogP contribution in [-0.4, -0.2) is 56.4 Å². The van der Waals surface area contributed by atoms with Crippen LogP contribution in [0.25, 0.3) is 0 Å². The molecular weight excluding hydrogens is 309 g/mol. The van der Waals surface area contributed by atoms with Gasteiger partial charge in [0.05, 0.1) is 13.2 Å². The number of benzene rings is 1. The zero-order chi connectivity index (χ0) is 16.8. The van der Waals surface area contributed by atoms with Gasteiger partial charge in [0.1, 0.15) is 12.0 Å². The van der Waals surface area contributed by atoms with Crippen LogP contribution in [0.2, 0.25) is 0 Å². The number of hydrogen-bond acceptors (Lipinski definition) is 5. The van der Waals surface area contributed by atoms with E-state index in [0.717, 1.165) is 57.0 Å². The van der Waals surface area contributed by atoms with Gasteiger partial charge >= 0.3 is 0 Å². The Balaban J connectivity index is 1.63. The highest BCUT2D eigenvalue weighted by atomic mass is 19.1. The quantitative estimate of drug-likeness (QED) is 0.772. The van der Waals surface area contributed by atoms with Gasteiger partial charge in [-0.25, -0.2) is 4.39 Å². The summed E-state index contributed by atoms with van der Waals surface area (Å²) >= 11 is 0. The smallest absolute Gasteiger partial charge is 0.128 e. The van der Waals surface area contributed by atoms with E-state index in [9.17, 15) is 4.39 Å². The molecule has 0 radical (unpaired) electrons. The van der Waals surface area contributed by atoms with Crippen molar-refractivity contribution < 1.29 is 13.9 Å². The van der Waals surface area contributed by atoms with Crippen molar-refractivity contribution in [1.29, 1.82) is 0 Å². The second kappa shape index (κ2) is 8.46. The largest absolute Gasteiger partial charge is 0.385 e. The molecule has 132 valence electrons. The van der Waals surface area contributed by atoms with Crippen LogP contribution in [0.1, 0.15) is 23.7 Å². The molecule has 2 heterocycles. The lowest BCUT2D eigenvalue weighted by atomic mass is 10.1. The van der Waals surface area contributed by atoms with Gasteiger partial charge in [0, 0.05) is 57.9 Å². The summed E-state index contributed by atoms with van der Waals surface area (Å²) in [5, 5.41) is 3.29. The van der Waals surface area contributed by atoms with E-state index in [1.807, 2.05) is 24.5 Å². The number of nitrogens with zero attached hydrogens (tertiary/aromatic N) is 2. The SMILES string of the molecule is COCCCN1C=CNC1c1ccc(CN2CCOCC2)c(F)c1. The molecule has 0 saturated carbocycles. The summed E-state index contributed by atoms with van der Waals surface area (Å²) in [5.41, 5.74) is 1.69. The van der Waals surface area contributed by atoms with E-state index in [0.29, 0.717) is 6.54 Å². The number of ether oxygens (including phenoxy) is 2. The van der Waals surface area contributed by atoms with Crippen LogP contribution in [0.5, 0.6) is 0 Å². The summed E-state index contributed by atoms with van der Waals surface area (Å²) in [4.78, 5) is 4.41. The lowest BCUT2D eigenvalue weighted by molar-refractivity contribution is 0.0337. The van der Waals surface area contributed by atoms with Crippen molar-refractivity contribution in [2.75, 3.05) is 46.6 Å². The second-order valence-electron chi connectivity index (χ2n) is 6.21. The van der Waals surface area contributed by atoms with Gasteiger partial charge in [-0.3, -0.25) is 4.90 Å². The topological polar surface area (TPSA) is 37.0 Å². The molecule has 1 N–H and O–H groups in total. The predicted molar refractivity (Wildman–Crippen MR) is 90.7 cm³/mol. The van der Waals surface area contributed by atoms with Crippen LogP contribution in [0, 0.1) is 5.82 Å². The molecule has 0 bridgehead atoms. The molecule has 1 fully saturated rings. The van der Waals surface area contributed by atoms with Crippen LogP contribution in [0.4, 0.5) is 4.39 Å². The molecule has 2 aliphatic heterocycles.